The Labute approximate surface area is 126 Å². The summed E-state index contributed by atoms with van der Waals surface area (Å²) in [5.41, 5.74) is 9.07. The van der Waals surface area contributed by atoms with Crippen molar-refractivity contribution in [2.24, 2.45) is 0 Å². The average Bonchev–Trinajstić information content (AvgIpc) is 2.84. The van der Waals surface area contributed by atoms with Gasteiger partial charge in [0.15, 0.2) is 0 Å². The minimum Gasteiger partial charge on any atom is -0.496 e. The van der Waals surface area contributed by atoms with Gasteiger partial charge < -0.3 is 15.0 Å². The molecule has 4 heteroatoms. The van der Waals surface area contributed by atoms with Crippen LogP contribution < -0.4 is 10.5 Å². The summed E-state index contributed by atoms with van der Waals surface area (Å²) in [5, 5.41) is 1.15. The number of ether oxygens (including phenoxy) is 1. The molecule has 0 saturated carbocycles. The molecule has 0 spiro atoms. The van der Waals surface area contributed by atoms with E-state index in [2.05, 4.69) is 44.9 Å². The third-order valence-corrected chi connectivity index (χ3v) is 3.90. The van der Waals surface area contributed by atoms with Crippen LogP contribution >= 0.6 is 15.9 Å². The minimum absolute atomic E-state index is 0.723. The van der Waals surface area contributed by atoms with Gasteiger partial charge >= 0.3 is 0 Å². The number of nitrogens with two attached hydrogens (primary N) is 1. The summed E-state index contributed by atoms with van der Waals surface area (Å²) in [6, 6.07) is 14.1. The summed E-state index contributed by atoms with van der Waals surface area (Å²) in [6.45, 7) is 0.723. The lowest BCUT2D eigenvalue weighted by Crippen LogP contribution is -2.02. The molecule has 3 nitrogen and oxygen atoms in total. The van der Waals surface area contributed by atoms with Crippen LogP contribution in [0.15, 0.2) is 53.1 Å². The fourth-order valence-corrected chi connectivity index (χ4v) is 2.89. The van der Waals surface area contributed by atoms with Gasteiger partial charge in [-0.2, -0.15) is 0 Å². The van der Waals surface area contributed by atoms with E-state index in [-0.39, 0.29) is 0 Å². The number of nitrogens with zero attached hydrogens (tertiary/aromatic N) is 1. The summed E-state index contributed by atoms with van der Waals surface area (Å²) in [7, 11) is 1.69. The lowest BCUT2D eigenvalue weighted by atomic mass is 10.2. The highest BCUT2D eigenvalue weighted by Gasteiger charge is 2.08. The van der Waals surface area contributed by atoms with Gasteiger partial charge in [0, 0.05) is 21.6 Å². The number of para-hydroxylation sites is 1. The number of rotatable bonds is 3. The van der Waals surface area contributed by atoms with Crippen molar-refractivity contribution in [2.45, 2.75) is 6.54 Å². The van der Waals surface area contributed by atoms with E-state index in [9.17, 15) is 0 Å². The van der Waals surface area contributed by atoms with Crippen molar-refractivity contribution in [3.8, 4) is 5.75 Å². The third kappa shape index (κ3) is 2.27. The van der Waals surface area contributed by atoms with Crippen molar-refractivity contribution < 1.29 is 4.74 Å². The second kappa shape index (κ2) is 5.21. The van der Waals surface area contributed by atoms with Gasteiger partial charge in [-0.15, -0.1) is 0 Å². The van der Waals surface area contributed by atoms with E-state index in [0.29, 0.717) is 0 Å². The predicted molar refractivity (Wildman–Crippen MR) is 86.1 cm³/mol. The van der Waals surface area contributed by atoms with Crippen LogP contribution in [0.2, 0.25) is 0 Å². The van der Waals surface area contributed by atoms with Gasteiger partial charge in [0.2, 0.25) is 0 Å². The summed E-state index contributed by atoms with van der Waals surface area (Å²) in [5.74, 6) is 0.879. The smallest absolute Gasteiger partial charge is 0.123 e. The first kappa shape index (κ1) is 13.1. The first-order chi connectivity index (χ1) is 9.69. The van der Waals surface area contributed by atoms with Crippen LogP contribution in [-0.2, 0) is 6.54 Å². The number of halogens is 1. The van der Waals surface area contributed by atoms with E-state index < -0.39 is 0 Å². The monoisotopic (exact) mass is 330 g/mol. The third-order valence-electron chi connectivity index (χ3n) is 3.40. The largest absolute Gasteiger partial charge is 0.496 e. The number of fused-ring (bicyclic) bond motifs is 1. The van der Waals surface area contributed by atoms with Gasteiger partial charge in [0.25, 0.3) is 0 Å². The van der Waals surface area contributed by atoms with Crippen molar-refractivity contribution in [3.63, 3.8) is 0 Å². The molecule has 1 heterocycles. The van der Waals surface area contributed by atoms with Crippen LogP contribution in [-0.4, -0.2) is 11.7 Å². The Morgan fingerprint density at radius 3 is 2.85 bits per heavy atom. The molecule has 0 aliphatic heterocycles. The molecule has 3 rings (SSSR count). The van der Waals surface area contributed by atoms with Gasteiger partial charge in [0.05, 0.1) is 24.9 Å². The van der Waals surface area contributed by atoms with Crippen LogP contribution in [0.4, 0.5) is 5.69 Å². The van der Waals surface area contributed by atoms with Crippen LogP contribution in [0.1, 0.15) is 5.56 Å². The molecule has 0 amide bonds. The molecule has 0 unspecified atom stereocenters. The number of aromatic nitrogens is 1. The quantitative estimate of drug-likeness (QED) is 0.736. The molecule has 2 N–H and O–H groups in total. The highest BCUT2D eigenvalue weighted by Crippen LogP contribution is 2.27. The van der Waals surface area contributed by atoms with E-state index in [1.165, 1.54) is 0 Å². The van der Waals surface area contributed by atoms with Gasteiger partial charge in [-0.1, -0.05) is 28.1 Å². The zero-order valence-corrected chi connectivity index (χ0v) is 12.7. The Morgan fingerprint density at radius 1 is 1.20 bits per heavy atom. The second-order valence-corrected chi connectivity index (χ2v) is 5.60. The molecular weight excluding hydrogens is 316 g/mol. The Balaban J connectivity index is 2.08. The normalized spacial score (nSPS) is 10.9. The van der Waals surface area contributed by atoms with Crippen molar-refractivity contribution in [1.82, 2.24) is 4.57 Å². The number of benzene rings is 2. The molecular formula is C16H15BrN2O. The van der Waals surface area contributed by atoms with Gasteiger partial charge in [0.1, 0.15) is 5.75 Å². The van der Waals surface area contributed by atoms with Crippen LogP contribution in [0.3, 0.4) is 0 Å². The van der Waals surface area contributed by atoms with Gasteiger partial charge in [-0.25, -0.2) is 0 Å². The molecule has 2 aromatic carbocycles. The zero-order valence-electron chi connectivity index (χ0n) is 11.1. The van der Waals surface area contributed by atoms with E-state index in [1.807, 2.05) is 24.3 Å². The minimum atomic E-state index is 0.723. The maximum atomic E-state index is 6.09. The Hall–Kier alpha value is -1.94. The van der Waals surface area contributed by atoms with Crippen LogP contribution in [0.5, 0.6) is 5.75 Å². The molecule has 0 radical (unpaired) electrons. The Kier molecular flexibility index (Phi) is 3.40. The molecule has 102 valence electrons. The van der Waals surface area contributed by atoms with Crippen molar-refractivity contribution in [3.05, 3.63) is 58.7 Å². The number of methoxy groups -OCH3 is 1. The fourth-order valence-electron chi connectivity index (χ4n) is 2.48. The summed E-state index contributed by atoms with van der Waals surface area (Å²) < 4.78 is 8.61. The lowest BCUT2D eigenvalue weighted by Gasteiger charge is -2.12. The summed E-state index contributed by atoms with van der Waals surface area (Å²) >= 11 is 3.50. The van der Waals surface area contributed by atoms with Crippen molar-refractivity contribution in [1.29, 1.82) is 0 Å². The van der Waals surface area contributed by atoms with Crippen molar-refractivity contribution in [2.75, 3.05) is 12.8 Å². The number of anilines is 1. The molecule has 0 bridgehead atoms. The SMILES string of the molecule is COc1ccc(Br)cc1Cn1ccc2cccc(N)c21. The predicted octanol–water partition coefficient (Wildman–Crippen LogP) is 4.04. The summed E-state index contributed by atoms with van der Waals surface area (Å²) in [6.07, 6.45) is 2.06. The first-order valence-corrected chi connectivity index (χ1v) is 7.14. The molecule has 1 aromatic heterocycles. The van der Waals surface area contributed by atoms with E-state index in [1.54, 1.807) is 7.11 Å². The molecule has 0 atom stereocenters. The highest BCUT2D eigenvalue weighted by atomic mass is 79.9. The molecule has 20 heavy (non-hydrogen) atoms. The molecule has 0 aliphatic rings. The highest BCUT2D eigenvalue weighted by molar-refractivity contribution is 9.10. The number of hydrogen-bond acceptors (Lipinski definition) is 2. The van der Waals surface area contributed by atoms with E-state index in [4.69, 9.17) is 10.5 Å². The van der Waals surface area contributed by atoms with E-state index >= 15 is 0 Å². The maximum absolute atomic E-state index is 6.09. The Morgan fingerprint density at radius 2 is 2.05 bits per heavy atom. The van der Waals surface area contributed by atoms with Crippen LogP contribution in [0, 0.1) is 0 Å². The first-order valence-electron chi connectivity index (χ1n) is 6.35. The maximum Gasteiger partial charge on any atom is 0.123 e. The average molecular weight is 331 g/mol. The fraction of sp³-hybridized carbons (Fsp3) is 0.125. The van der Waals surface area contributed by atoms with Gasteiger partial charge in [-0.05, 0) is 30.3 Å². The zero-order chi connectivity index (χ0) is 14.1. The molecule has 3 aromatic rings. The molecule has 0 saturated heterocycles. The standard InChI is InChI=1S/C16H15BrN2O/c1-20-15-6-5-13(17)9-12(15)10-19-8-7-11-3-2-4-14(18)16(11)19/h2-9H,10,18H2,1H3. The van der Waals surface area contributed by atoms with Crippen molar-refractivity contribution >= 4 is 32.5 Å². The number of hydrogen-bond donors (Lipinski definition) is 1. The molecule has 0 fully saturated rings. The van der Waals surface area contributed by atoms with E-state index in [0.717, 1.165) is 38.9 Å². The molecule has 0 aliphatic carbocycles. The number of nitrogen functional groups attached to an aromatic ring is 1. The Bertz CT molecular complexity index is 764. The summed E-state index contributed by atoms with van der Waals surface area (Å²) in [4.78, 5) is 0. The van der Waals surface area contributed by atoms with Crippen LogP contribution in [0.25, 0.3) is 10.9 Å². The lowest BCUT2D eigenvalue weighted by molar-refractivity contribution is 0.408. The van der Waals surface area contributed by atoms with Gasteiger partial charge in [-0.3, -0.25) is 0 Å². The second-order valence-electron chi connectivity index (χ2n) is 4.68. The topological polar surface area (TPSA) is 40.2 Å².